The number of phenols is 1. The van der Waals surface area contributed by atoms with Gasteiger partial charge in [0.2, 0.25) is 5.91 Å². The van der Waals surface area contributed by atoms with E-state index in [0.29, 0.717) is 6.42 Å². The highest BCUT2D eigenvalue weighted by Gasteiger charge is 2.44. The first-order valence-electron chi connectivity index (χ1n) is 7.94. The van der Waals surface area contributed by atoms with Gasteiger partial charge in [0.1, 0.15) is 11.6 Å². The number of hydrogen-bond acceptors (Lipinski definition) is 2. The number of para-hydroxylation sites is 1. The van der Waals surface area contributed by atoms with Gasteiger partial charge >= 0.3 is 0 Å². The molecule has 23 heavy (non-hydrogen) atoms. The van der Waals surface area contributed by atoms with E-state index in [1.54, 1.807) is 18.2 Å². The summed E-state index contributed by atoms with van der Waals surface area (Å²) in [5, 5.41) is 13.0. The van der Waals surface area contributed by atoms with E-state index in [9.17, 15) is 14.3 Å². The van der Waals surface area contributed by atoms with Crippen LogP contribution in [0.5, 0.6) is 5.75 Å². The molecule has 0 heterocycles. The van der Waals surface area contributed by atoms with Gasteiger partial charge < -0.3 is 10.4 Å². The number of carbonyl (C=O) groups is 1. The van der Waals surface area contributed by atoms with E-state index in [0.717, 1.165) is 17.5 Å². The van der Waals surface area contributed by atoms with Crippen LogP contribution in [0.4, 0.5) is 4.39 Å². The van der Waals surface area contributed by atoms with Crippen LogP contribution >= 0.6 is 0 Å². The summed E-state index contributed by atoms with van der Waals surface area (Å²) in [7, 11) is 0. The summed E-state index contributed by atoms with van der Waals surface area (Å²) >= 11 is 0. The van der Waals surface area contributed by atoms with Gasteiger partial charge in [-0.1, -0.05) is 37.3 Å². The number of amides is 1. The molecule has 0 unspecified atom stereocenters. The predicted octanol–water partition coefficient (Wildman–Crippen LogP) is 3.90. The van der Waals surface area contributed by atoms with E-state index in [4.69, 9.17) is 0 Å². The van der Waals surface area contributed by atoms with Crippen molar-refractivity contribution in [1.29, 1.82) is 0 Å². The summed E-state index contributed by atoms with van der Waals surface area (Å²) in [6, 6.07) is 13.3. The minimum atomic E-state index is -0.269. The van der Waals surface area contributed by atoms with Gasteiger partial charge in [-0.25, -0.2) is 4.39 Å². The second kappa shape index (κ2) is 6.41. The summed E-state index contributed by atoms with van der Waals surface area (Å²) < 4.78 is 13.3. The van der Waals surface area contributed by atoms with Crippen LogP contribution < -0.4 is 5.32 Å². The first-order chi connectivity index (χ1) is 11.1. The topological polar surface area (TPSA) is 49.3 Å². The highest BCUT2D eigenvalue weighted by molar-refractivity contribution is 5.83. The molecule has 1 fully saturated rings. The van der Waals surface area contributed by atoms with Crippen LogP contribution in [0.1, 0.15) is 42.9 Å². The van der Waals surface area contributed by atoms with Gasteiger partial charge in [-0.05, 0) is 42.5 Å². The Morgan fingerprint density at radius 3 is 2.78 bits per heavy atom. The Hall–Kier alpha value is -2.36. The molecule has 0 radical (unpaired) electrons. The molecule has 1 aliphatic carbocycles. The fourth-order valence-electron chi connectivity index (χ4n) is 3.05. The van der Waals surface area contributed by atoms with E-state index < -0.39 is 0 Å². The summed E-state index contributed by atoms with van der Waals surface area (Å²) in [6.07, 6.45) is 1.44. The van der Waals surface area contributed by atoms with Crippen molar-refractivity contribution in [1.82, 2.24) is 5.32 Å². The van der Waals surface area contributed by atoms with E-state index >= 15 is 0 Å². The van der Waals surface area contributed by atoms with Gasteiger partial charge in [0.15, 0.2) is 0 Å². The molecule has 4 heteroatoms. The maximum Gasteiger partial charge on any atom is 0.224 e. The molecular weight excluding hydrogens is 293 g/mol. The fourth-order valence-corrected chi connectivity index (χ4v) is 3.05. The van der Waals surface area contributed by atoms with Gasteiger partial charge in [-0.15, -0.1) is 0 Å². The number of aromatic hydroxyl groups is 1. The van der Waals surface area contributed by atoms with Crippen molar-refractivity contribution in [2.45, 2.75) is 31.7 Å². The number of carbonyl (C=O) groups excluding carboxylic acids is 1. The average Bonchev–Trinajstić information content (AvgIpc) is 3.34. The van der Waals surface area contributed by atoms with Gasteiger partial charge in [-0.2, -0.15) is 0 Å². The minimum absolute atomic E-state index is 0.0330. The van der Waals surface area contributed by atoms with Crippen LogP contribution in [-0.4, -0.2) is 11.0 Å². The SMILES string of the molecule is CC[C@H](NC(=O)[C@H]1C[C@@H]1c1cccc(F)c1)c1ccccc1O. The molecule has 0 bridgehead atoms. The lowest BCUT2D eigenvalue weighted by molar-refractivity contribution is -0.123. The second-order valence-corrected chi connectivity index (χ2v) is 6.03. The molecule has 3 rings (SSSR count). The third kappa shape index (κ3) is 3.36. The van der Waals surface area contributed by atoms with Crippen molar-refractivity contribution in [3.05, 3.63) is 65.5 Å². The summed E-state index contributed by atoms with van der Waals surface area (Å²) in [5.74, 6) is -0.134. The van der Waals surface area contributed by atoms with Crippen molar-refractivity contribution in [2.75, 3.05) is 0 Å². The minimum Gasteiger partial charge on any atom is -0.508 e. The lowest BCUT2D eigenvalue weighted by Gasteiger charge is -2.18. The summed E-state index contributed by atoms with van der Waals surface area (Å²) in [6.45, 7) is 1.97. The van der Waals surface area contributed by atoms with Crippen LogP contribution in [0.15, 0.2) is 48.5 Å². The van der Waals surface area contributed by atoms with E-state index in [-0.39, 0.29) is 35.4 Å². The molecule has 1 amide bonds. The summed E-state index contributed by atoms with van der Waals surface area (Å²) in [4.78, 5) is 12.4. The first kappa shape index (κ1) is 15.5. The molecule has 2 N–H and O–H groups in total. The quantitative estimate of drug-likeness (QED) is 0.879. The number of hydrogen-bond donors (Lipinski definition) is 2. The van der Waals surface area contributed by atoms with Gasteiger partial charge in [0.25, 0.3) is 0 Å². The Morgan fingerprint density at radius 1 is 1.30 bits per heavy atom. The fraction of sp³-hybridized carbons (Fsp3) is 0.316. The number of halogens is 1. The van der Waals surface area contributed by atoms with Crippen molar-refractivity contribution in [2.24, 2.45) is 5.92 Å². The molecule has 3 atom stereocenters. The third-order valence-corrected chi connectivity index (χ3v) is 4.44. The maximum atomic E-state index is 13.3. The molecule has 3 nitrogen and oxygen atoms in total. The number of nitrogens with one attached hydrogen (secondary N) is 1. The Morgan fingerprint density at radius 2 is 2.09 bits per heavy atom. The standard InChI is InChI=1S/C19H20FNO2/c1-2-17(14-8-3-4-9-18(14)22)21-19(23)16-11-15(16)12-6-5-7-13(20)10-12/h3-10,15-17,22H,2,11H2,1H3,(H,21,23)/t15-,16+,17+/m1/s1. The number of rotatable bonds is 5. The first-order valence-corrected chi connectivity index (χ1v) is 7.94. The molecule has 0 aromatic heterocycles. The van der Waals surface area contributed by atoms with Gasteiger partial charge in [0, 0.05) is 11.5 Å². The molecule has 2 aromatic rings. The Kier molecular flexibility index (Phi) is 4.33. The zero-order chi connectivity index (χ0) is 16.4. The van der Waals surface area contributed by atoms with Crippen molar-refractivity contribution >= 4 is 5.91 Å². The number of benzene rings is 2. The molecule has 1 aliphatic rings. The monoisotopic (exact) mass is 313 g/mol. The molecule has 120 valence electrons. The smallest absolute Gasteiger partial charge is 0.224 e. The maximum absolute atomic E-state index is 13.3. The number of phenolic OH excluding ortho intramolecular Hbond substituents is 1. The Bertz CT molecular complexity index is 716. The highest BCUT2D eigenvalue weighted by atomic mass is 19.1. The highest BCUT2D eigenvalue weighted by Crippen LogP contribution is 2.48. The van der Waals surface area contributed by atoms with E-state index in [1.807, 2.05) is 25.1 Å². The molecule has 0 saturated heterocycles. The largest absolute Gasteiger partial charge is 0.508 e. The Balaban J connectivity index is 1.67. The van der Waals surface area contributed by atoms with Crippen LogP contribution in [0.25, 0.3) is 0 Å². The van der Waals surface area contributed by atoms with Crippen molar-refractivity contribution < 1.29 is 14.3 Å². The van der Waals surface area contributed by atoms with Crippen LogP contribution in [0.2, 0.25) is 0 Å². The zero-order valence-corrected chi connectivity index (χ0v) is 13.0. The molecule has 2 aromatic carbocycles. The lowest BCUT2D eigenvalue weighted by atomic mass is 10.0. The molecule has 1 saturated carbocycles. The predicted molar refractivity (Wildman–Crippen MR) is 86.5 cm³/mol. The lowest BCUT2D eigenvalue weighted by Crippen LogP contribution is -2.29. The van der Waals surface area contributed by atoms with E-state index in [1.165, 1.54) is 12.1 Å². The zero-order valence-electron chi connectivity index (χ0n) is 13.0. The van der Waals surface area contributed by atoms with Gasteiger partial charge in [-0.3, -0.25) is 4.79 Å². The average molecular weight is 313 g/mol. The van der Waals surface area contributed by atoms with Crippen molar-refractivity contribution in [3.8, 4) is 5.75 Å². The molecular formula is C19H20FNO2. The second-order valence-electron chi connectivity index (χ2n) is 6.03. The molecule has 0 spiro atoms. The van der Waals surface area contributed by atoms with Crippen molar-refractivity contribution in [3.63, 3.8) is 0 Å². The summed E-state index contributed by atoms with van der Waals surface area (Å²) in [5.41, 5.74) is 1.60. The van der Waals surface area contributed by atoms with Gasteiger partial charge in [0.05, 0.1) is 6.04 Å². The molecule has 0 aliphatic heterocycles. The van der Waals surface area contributed by atoms with Crippen LogP contribution in [0, 0.1) is 11.7 Å². The van der Waals surface area contributed by atoms with Crippen LogP contribution in [0.3, 0.4) is 0 Å². The normalized spacial score (nSPS) is 20.8. The van der Waals surface area contributed by atoms with Crippen LogP contribution in [-0.2, 0) is 4.79 Å². The van der Waals surface area contributed by atoms with E-state index in [2.05, 4.69) is 5.32 Å². The third-order valence-electron chi connectivity index (χ3n) is 4.44. The Labute approximate surface area is 135 Å².